The van der Waals surface area contributed by atoms with Crippen LogP contribution in [0.5, 0.6) is 0 Å². The molecule has 0 N–H and O–H groups in total. The molecule has 56 heavy (non-hydrogen) atoms. The predicted octanol–water partition coefficient (Wildman–Crippen LogP) is 14.7. The smallest absolute Gasteiger partial charge is 0.0970 e. The first-order chi connectivity index (χ1) is 27.8. The van der Waals surface area contributed by atoms with E-state index in [9.17, 15) is 0 Å². The van der Waals surface area contributed by atoms with Gasteiger partial charge in [0.2, 0.25) is 0 Å². The van der Waals surface area contributed by atoms with Crippen molar-refractivity contribution in [1.29, 1.82) is 0 Å². The fraction of sp³-hybridized carbons (Fsp3) is 0. The fourth-order valence-electron chi connectivity index (χ4n) is 9.37. The molecule has 2 heteroatoms. The van der Waals surface area contributed by atoms with Crippen molar-refractivity contribution in [1.82, 2.24) is 9.97 Å². The zero-order valence-corrected chi connectivity index (χ0v) is 30.4. The van der Waals surface area contributed by atoms with Gasteiger partial charge in [-0.3, -0.25) is 9.97 Å². The predicted molar refractivity (Wildman–Crippen MR) is 238 cm³/mol. The maximum atomic E-state index is 4.73. The molecule has 2 heterocycles. The van der Waals surface area contributed by atoms with Gasteiger partial charge in [0.1, 0.15) is 0 Å². The summed E-state index contributed by atoms with van der Waals surface area (Å²) >= 11 is 0. The lowest BCUT2D eigenvalue weighted by molar-refractivity contribution is 1.37. The summed E-state index contributed by atoms with van der Waals surface area (Å²) in [6.07, 6.45) is 3.69. The monoisotopic (exact) mass is 708 g/mol. The summed E-state index contributed by atoms with van der Waals surface area (Å²) in [5, 5.41) is 17.5. The maximum absolute atomic E-state index is 4.73. The first kappa shape index (κ1) is 31.0. The molecule has 258 valence electrons. The normalized spacial score (nSPS) is 11.9. The van der Waals surface area contributed by atoms with Gasteiger partial charge in [0.15, 0.2) is 0 Å². The highest BCUT2D eigenvalue weighted by atomic mass is 14.7. The second-order valence-electron chi connectivity index (χ2n) is 14.9. The number of benzene rings is 9. The lowest BCUT2D eigenvalue weighted by Crippen LogP contribution is -1.90. The summed E-state index contributed by atoms with van der Waals surface area (Å²) in [5.74, 6) is 0. The van der Waals surface area contributed by atoms with E-state index >= 15 is 0 Å². The summed E-state index contributed by atoms with van der Waals surface area (Å²) in [6, 6.07) is 67.0. The van der Waals surface area contributed by atoms with Gasteiger partial charge in [-0.1, -0.05) is 158 Å². The summed E-state index contributed by atoms with van der Waals surface area (Å²) in [5.41, 5.74) is 9.04. The molecule has 0 atom stereocenters. The van der Waals surface area contributed by atoms with Crippen LogP contribution in [0, 0.1) is 0 Å². The third kappa shape index (κ3) is 4.57. The minimum absolute atomic E-state index is 0.933. The van der Waals surface area contributed by atoms with Crippen LogP contribution in [0.1, 0.15) is 0 Å². The lowest BCUT2D eigenvalue weighted by Gasteiger charge is -2.16. The van der Waals surface area contributed by atoms with Gasteiger partial charge in [0.25, 0.3) is 0 Å². The third-order valence-electron chi connectivity index (χ3n) is 11.9. The molecule has 0 aliphatic carbocycles. The Bertz CT molecular complexity index is 3580. The van der Waals surface area contributed by atoms with Crippen molar-refractivity contribution >= 4 is 86.4 Å². The molecule has 0 unspecified atom stereocenters. The number of fused-ring (bicyclic) bond motifs is 9. The summed E-state index contributed by atoms with van der Waals surface area (Å²) in [6.45, 7) is 0. The van der Waals surface area contributed by atoms with Gasteiger partial charge in [-0.25, -0.2) is 0 Å². The average molecular weight is 709 g/mol. The molecule has 0 spiro atoms. The number of hydrogen-bond acceptors (Lipinski definition) is 2. The molecule has 0 radical (unpaired) electrons. The van der Waals surface area contributed by atoms with Gasteiger partial charge in [-0.05, 0) is 122 Å². The molecule has 10 aromatic carbocycles. The molecule has 0 aliphatic rings. The van der Waals surface area contributed by atoms with E-state index in [2.05, 4.69) is 175 Å². The molecule has 12 aromatic rings. The van der Waals surface area contributed by atoms with Crippen molar-refractivity contribution in [2.24, 2.45) is 0 Å². The van der Waals surface area contributed by atoms with Gasteiger partial charge < -0.3 is 0 Å². The number of aromatic nitrogens is 2. The Morgan fingerprint density at radius 3 is 1.41 bits per heavy atom. The van der Waals surface area contributed by atoms with Crippen LogP contribution >= 0.6 is 0 Å². The van der Waals surface area contributed by atoms with Crippen LogP contribution in [0.15, 0.2) is 194 Å². The number of pyridine rings is 2. The lowest BCUT2D eigenvalue weighted by atomic mass is 9.88. The Labute approximate surface area is 322 Å². The average Bonchev–Trinajstić information content (AvgIpc) is 3.27. The molecule has 0 aliphatic heterocycles. The molecular formula is C54H32N2. The summed E-state index contributed by atoms with van der Waals surface area (Å²) in [4.78, 5) is 9.39. The summed E-state index contributed by atoms with van der Waals surface area (Å²) < 4.78 is 0. The fourth-order valence-corrected chi connectivity index (χ4v) is 9.37. The van der Waals surface area contributed by atoms with E-state index < -0.39 is 0 Å². The minimum atomic E-state index is 0.933. The Balaban J connectivity index is 1.04. The van der Waals surface area contributed by atoms with E-state index in [4.69, 9.17) is 4.98 Å². The highest BCUT2D eigenvalue weighted by molar-refractivity contribution is 6.33. The molecule has 0 saturated heterocycles. The second kappa shape index (κ2) is 12.0. The minimum Gasteiger partial charge on any atom is -0.254 e. The zero-order valence-electron chi connectivity index (χ0n) is 30.4. The Hall–Kier alpha value is -7.42. The SMILES string of the molecule is c1cnc2c(c1)cc(-c1ccc(-c3ccc(-c4ccc5c(c4)c4ccccc4c4cccc6ccc7cccc5c7c64)c4ccccc34)cc1)c1cccnc12. The molecule has 0 saturated carbocycles. The Morgan fingerprint density at radius 1 is 0.250 bits per heavy atom. The van der Waals surface area contributed by atoms with Crippen LogP contribution in [0.2, 0.25) is 0 Å². The maximum Gasteiger partial charge on any atom is 0.0970 e. The van der Waals surface area contributed by atoms with Crippen molar-refractivity contribution in [2.75, 3.05) is 0 Å². The van der Waals surface area contributed by atoms with E-state index in [1.165, 1.54) is 86.9 Å². The number of rotatable bonds is 3. The van der Waals surface area contributed by atoms with Crippen LogP contribution in [-0.2, 0) is 0 Å². The van der Waals surface area contributed by atoms with Gasteiger partial charge in [-0.15, -0.1) is 0 Å². The van der Waals surface area contributed by atoms with Crippen LogP contribution in [0.4, 0.5) is 0 Å². The zero-order chi connectivity index (χ0) is 36.7. The van der Waals surface area contributed by atoms with Crippen LogP contribution in [-0.4, -0.2) is 9.97 Å². The van der Waals surface area contributed by atoms with E-state index in [0.29, 0.717) is 0 Å². The molecular weight excluding hydrogens is 677 g/mol. The number of nitrogens with zero attached hydrogens (tertiary/aromatic N) is 2. The Morgan fingerprint density at radius 2 is 0.732 bits per heavy atom. The van der Waals surface area contributed by atoms with Crippen molar-refractivity contribution in [2.45, 2.75) is 0 Å². The molecule has 0 amide bonds. The van der Waals surface area contributed by atoms with Crippen molar-refractivity contribution < 1.29 is 0 Å². The number of hydrogen-bond donors (Lipinski definition) is 0. The van der Waals surface area contributed by atoms with E-state index in [0.717, 1.165) is 32.9 Å². The highest BCUT2D eigenvalue weighted by Crippen LogP contribution is 2.43. The topological polar surface area (TPSA) is 25.8 Å². The van der Waals surface area contributed by atoms with Gasteiger partial charge >= 0.3 is 0 Å². The molecule has 0 fully saturated rings. The van der Waals surface area contributed by atoms with E-state index in [1.54, 1.807) is 0 Å². The largest absolute Gasteiger partial charge is 0.254 e. The van der Waals surface area contributed by atoms with E-state index in [1.807, 2.05) is 24.5 Å². The quantitative estimate of drug-likeness (QED) is 0.171. The van der Waals surface area contributed by atoms with Crippen molar-refractivity contribution in [3.63, 3.8) is 0 Å². The van der Waals surface area contributed by atoms with Crippen LogP contribution in [0.25, 0.3) is 120 Å². The van der Waals surface area contributed by atoms with Gasteiger partial charge in [-0.2, -0.15) is 0 Å². The Kier molecular flexibility index (Phi) is 6.66. The van der Waals surface area contributed by atoms with E-state index in [-0.39, 0.29) is 0 Å². The molecule has 2 aromatic heterocycles. The van der Waals surface area contributed by atoms with Crippen molar-refractivity contribution in [3.05, 3.63) is 194 Å². The molecule has 2 nitrogen and oxygen atoms in total. The molecule has 12 rings (SSSR count). The van der Waals surface area contributed by atoms with Crippen LogP contribution < -0.4 is 0 Å². The van der Waals surface area contributed by atoms with Gasteiger partial charge in [0, 0.05) is 23.2 Å². The first-order valence-electron chi connectivity index (χ1n) is 19.2. The standard InChI is InChI=1S/C54H32N2/c1-2-13-42-40(28-27-39(41(42)12-1)33-19-21-34(22-20-33)49-32-38-11-7-29-55-53(38)54-48(49)18-8-30-56-54)37-25-26-45-47-17-6-10-36-24-23-35-9-5-16-46(51(35)52(36)47)43-14-3-4-15-44(43)50(45)31-37/h1-32H. The van der Waals surface area contributed by atoms with Crippen molar-refractivity contribution in [3.8, 4) is 33.4 Å². The van der Waals surface area contributed by atoms with Crippen LogP contribution in [0.3, 0.4) is 0 Å². The summed E-state index contributed by atoms with van der Waals surface area (Å²) in [7, 11) is 0. The van der Waals surface area contributed by atoms with Gasteiger partial charge in [0.05, 0.1) is 11.0 Å². The third-order valence-corrected chi connectivity index (χ3v) is 11.9. The second-order valence-corrected chi connectivity index (χ2v) is 14.9. The molecule has 0 bridgehead atoms. The highest BCUT2D eigenvalue weighted by Gasteiger charge is 2.16. The first-order valence-corrected chi connectivity index (χ1v) is 19.2.